The summed E-state index contributed by atoms with van der Waals surface area (Å²) in [7, 11) is 0. The molecule has 0 radical (unpaired) electrons. The van der Waals surface area contributed by atoms with Crippen molar-refractivity contribution >= 4 is 0 Å². The van der Waals surface area contributed by atoms with E-state index in [9.17, 15) is 0 Å². The van der Waals surface area contributed by atoms with Crippen molar-refractivity contribution in [2.75, 3.05) is 19.7 Å². The number of nitrogens with two attached hydrogens (primary N) is 1. The molecule has 1 aliphatic rings. The van der Waals surface area contributed by atoms with E-state index >= 15 is 0 Å². The van der Waals surface area contributed by atoms with Gasteiger partial charge in [0.1, 0.15) is 5.82 Å². The van der Waals surface area contributed by atoms with Crippen LogP contribution < -0.4 is 5.73 Å². The lowest BCUT2D eigenvalue weighted by molar-refractivity contribution is -0.0410. The molecule has 0 spiro atoms. The molecule has 0 aliphatic carbocycles. The van der Waals surface area contributed by atoms with Gasteiger partial charge in [0.15, 0.2) is 0 Å². The van der Waals surface area contributed by atoms with E-state index in [1.165, 1.54) is 0 Å². The van der Waals surface area contributed by atoms with Crippen LogP contribution in [0.4, 0.5) is 0 Å². The van der Waals surface area contributed by atoms with Gasteiger partial charge in [0.2, 0.25) is 0 Å². The van der Waals surface area contributed by atoms with Gasteiger partial charge in [0, 0.05) is 31.5 Å². The van der Waals surface area contributed by atoms with Gasteiger partial charge in [-0.1, -0.05) is 0 Å². The molecule has 0 amide bonds. The molecule has 88 valence electrons. The third-order valence-electron chi connectivity index (χ3n) is 2.75. The Morgan fingerprint density at radius 1 is 1.56 bits per heavy atom. The molecule has 16 heavy (non-hydrogen) atoms. The first-order valence-electron chi connectivity index (χ1n) is 5.61. The predicted molar refractivity (Wildman–Crippen MR) is 60.7 cm³/mol. The zero-order chi connectivity index (χ0) is 11.4. The second-order valence-corrected chi connectivity index (χ2v) is 4.17. The summed E-state index contributed by atoms with van der Waals surface area (Å²) in [6.45, 7) is 5.26. The standard InChI is InChI=1S/C11H18N4O/c1-9(12)10-7-15(5-6-16-10)8-11-13-3-2-4-14-11/h2-4,9-10H,5-8,12H2,1H3. The molecule has 1 fully saturated rings. The van der Waals surface area contributed by atoms with Crippen LogP contribution in [0.5, 0.6) is 0 Å². The Morgan fingerprint density at radius 3 is 3.00 bits per heavy atom. The van der Waals surface area contributed by atoms with Gasteiger partial charge in [-0.3, -0.25) is 4.90 Å². The van der Waals surface area contributed by atoms with Crippen LogP contribution in [-0.2, 0) is 11.3 Å². The molecular weight excluding hydrogens is 204 g/mol. The zero-order valence-electron chi connectivity index (χ0n) is 9.54. The average molecular weight is 222 g/mol. The van der Waals surface area contributed by atoms with E-state index in [4.69, 9.17) is 10.5 Å². The summed E-state index contributed by atoms with van der Waals surface area (Å²) in [5.74, 6) is 0.854. The van der Waals surface area contributed by atoms with Gasteiger partial charge in [-0.25, -0.2) is 9.97 Å². The maximum absolute atomic E-state index is 5.84. The Kier molecular flexibility index (Phi) is 3.82. The molecule has 1 aromatic rings. The van der Waals surface area contributed by atoms with Crippen LogP contribution in [0.2, 0.25) is 0 Å². The number of rotatable bonds is 3. The summed E-state index contributed by atoms with van der Waals surface area (Å²) < 4.78 is 5.60. The van der Waals surface area contributed by atoms with E-state index in [1.807, 2.05) is 13.0 Å². The van der Waals surface area contributed by atoms with Gasteiger partial charge in [0.25, 0.3) is 0 Å². The van der Waals surface area contributed by atoms with Gasteiger partial charge < -0.3 is 10.5 Å². The third-order valence-corrected chi connectivity index (χ3v) is 2.75. The van der Waals surface area contributed by atoms with Crippen molar-refractivity contribution in [2.45, 2.75) is 25.6 Å². The second-order valence-electron chi connectivity index (χ2n) is 4.17. The number of morpholine rings is 1. The highest BCUT2D eigenvalue weighted by molar-refractivity contribution is 4.89. The van der Waals surface area contributed by atoms with Crippen LogP contribution in [-0.4, -0.2) is 46.7 Å². The quantitative estimate of drug-likeness (QED) is 0.781. The lowest BCUT2D eigenvalue weighted by Crippen LogP contribution is -2.49. The van der Waals surface area contributed by atoms with Crippen LogP contribution >= 0.6 is 0 Å². The van der Waals surface area contributed by atoms with Crippen molar-refractivity contribution in [1.82, 2.24) is 14.9 Å². The van der Waals surface area contributed by atoms with Crippen LogP contribution in [0.1, 0.15) is 12.7 Å². The lowest BCUT2D eigenvalue weighted by atomic mass is 10.1. The minimum absolute atomic E-state index is 0.0690. The van der Waals surface area contributed by atoms with Crippen molar-refractivity contribution in [2.24, 2.45) is 5.73 Å². The number of aromatic nitrogens is 2. The van der Waals surface area contributed by atoms with Crippen LogP contribution in [0.25, 0.3) is 0 Å². The fraction of sp³-hybridized carbons (Fsp3) is 0.636. The summed E-state index contributed by atoms with van der Waals surface area (Å²) in [4.78, 5) is 10.7. The molecule has 2 unspecified atom stereocenters. The SMILES string of the molecule is CC(N)C1CN(Cc2ncccn2)CCO1. The van der Waals surface area contributed by atoms with Gasteiger partial charge >= 0.3 is 0 Å². The molecule has 2 atom stereocenters. The molecule has 1 aromatic heterocycles. The van der Waals surface area contributed by atoms with E-state index in [1.54, 1.807) is 12.4 Å². The summed E-state index contributed by atoms with van der Waals surface area (Å²) in [6.07, 6.45) is 3.66. The largest absolute Gasteiger partial charge is 0.374 e. The number of nitrogens with zero attached hydrogens (tertiary/aromatic N) is 3. The van der Waals surface area contributed by atoms with Gasteiger partial charge in [-0.15, -0.1) is 0 Å². The highest BCUT2D eigenvalue weighted by Gasteiger charge is 2.23. The van der Waals surface area contributed by atoms with E-state index in [-0.39, 0.29) is 12.1 Å². The number of hydrogen-bond acceptors (Lipinski definition) is 5. The van der Waals surface area contributed by atoms with Crippen LogP contribution in [0.3, 0.4) is 0 Å². The first-order chi connectivity index (χ1) is 7.75. The Morgan fingerprint density at radius 2 is 2.31 bits per heavy atom. The fourth-order valence-corrected chi connectivity index (χ4v) is 1.80. The minimum Gasteiger partial charge on any atom is -0.374 e. The monoisotopic (exact) mass is 222 g/mol. The topological polar surface area (TPSA) is 64.3 Å². The minimum atomic E-state index is 0.0690. The van der Waals surface area contributed by atoms with Gasteiger partial charge in [0.05, 0.1) is 19.3 Å². The molecule has 1 aliphatic heterocycles. The van der Waals surface area contributed by atoms with Gasteiger partial charge in [-0.05, 0) is 13.0 Å². The third kappa shape index (κ3) is 2.98. The molecule has 2 N–H and O–H groups in total. The molecule has 0 saturated carbocycles. The molecule has 5 heteroatoms. The smallest absolute Gasteiger partial charge is 0.142 e. The van der Waals surface area contributed by atoms with Crippen molar-refractivity contribution in [3.8, 4) is 0 Å². The molecule has 0 aromatic carbocycles. The summed E-state index contributed by atoms with van der Waals surface area (Å²) >= 11 is 0. The number of hydrogen-bond donors (Lipinski definition) is 1. The summed E-state index contributed by atoms with van der Waals surface area (Å²) in [6, 6.07) is 1.90. The Bertz CT molecular complexity index is 317. The van der Waals surface area contributed by atoms with Crippen molar-refractivity contribution < 1.29 is 4.74 Å². The predicted octanol–water partition coefficient (Wildman–Crippen LogP) is 0.0246. The van der Waals surface area contributed by atoms with E-state index in [0.29, 0.717) is 0 Å². The lowest BCUT2D eigenvalue weighted by Gasteiger charge is -2.34. The summed E-state index contributed by atoms with van der Waals surface area (Å²) in [5, 5.41) is 0. The fourth-order valence-electron chi connectivity index (χ4n) is 1.80. The van der Waals surface area contributed by atoms with Crippen LogP contribution in [0.15, 0.2) is 18.5 Å². The maximum atomic E-state index is 5.84. The molecule has 2 heterocycles. The first-order valence-corrected chi connectivity index (χ1v) is 5.61. The Balaban J connectivity index is 1.90. The number of ether oxygens (including phenoxy) is 1. The Hall–Kier alpha value is -1.04. The van der Waals surface area contributed by atoms with Crippen molar-refractivity contribution in [3.63, 3.8) is 0 Å². The normalized spacial score (nSPS) is 24.2. The van der Waals surface area contributed by atoms with Crippen molar-refractivity contribution in [3.05, 3.63) is 24.3 Å². The highest BCUT2D eigenvalue weighted by Crippen LogP contribution is 2.09. The molecule has 0 bridgehead atoms. The first kappa shape index (κ1) is 11.4. The molecule has 5 nitrogen and oxygen atoms in total. The Labute approximate surface area is 95.6 Å². The van der Waals surface area contributed by atoms with E-state index < -0.39 is 0 Å². The summed E-state index contributed by atoms with van der Waals surface area (Å²) in [5.41, 5.74) is 5.84. The van der Waals surface area contributed by atoms with E-state index in [0.717, 1.165) is 32.1 Å². The second kappa shape index (κ2) is 5.34. The zero-order valence-corrected chi connectivity index (χ0v) is 9.54. The van der Waals surface area contributed by atoms with E-state index in [2.05, 4.69) is 14.9 Å². The molecule has 2 rings (SSSR count). The molecular formula is C11H18N4O. The molecule has 1 saturated heterocycles. The van der Waals surface area contributed by atoms with Crippen LogP contribution in [0, 0.1) is 0 Å². The van der Waals surface area contributed by atoms with Gasteiger partial charge in [-0.2, -0.15) is 0 Å². The average Bonchev–Trinajstić information content (AvgIpc) is 2.30. The maximum Gasteiger partial charge on any atom is 0.142 e. The highest BCUT2D eigenvalue weighted by atomic mass is 16.5. The van der Waals surface area contributed by atoms with Crippen molar-refractivity contribution in [1.29, 1.82) is 0 Å².